The summed E-state index contributed by atoms with van der Waals surface area (Å²) in [6, 6.07) is 12.4. The van der Waals surface area contributed by atoms with Gasteiger partial charge < -0.3 is 9.55 Å². The Bertz CT molecular complexity index is 1180. The van der Waals surface area contributed by atoms with Crippen LogP contribution in [0.3, 0.4) is 0 Å². The fourth-order valence-electron chi connectivity index (χ4n) is 3.47. The number of benzene rings is 1. The molecule has 1 atom stereocenters. The Balaban J connectivity index is 1.64. The second kappa shape index (κ2) is 9.11. The van der Waals surface area contributed by atoms with E-state index in [2.05, 4.69) is 62.8 Å². The van der Waals surface area contributed by atoms with Crippen LogP contribution >= 0.6 is 23.1 Å². The summed E-state index contributed by atoms with van der Waals surface area (Å²) in [5.74, 6) is 2.11. The van der Waals surface area contributed by atoms with Gasteiger partial charge in [-0.1, -0.05) is 49.0 Å². The van der Waals surface area contributed by atoms with Crippen LogP contribution in [0.1, 0.15) is 36.6 Å². The molecule has 0 saturated carbocycles. The van der Waals surface area contributed by atoms with E-state index in [4.69, 9.17) is 0 Å². The van der Waals surface area contributed by atoms with Gasteiger partial charge >= 0.3 is 0 Å². The highest BCUT2D eigenvalue weighted by atomic mass is 32.2. The maximum atomic E-state index is 12.3. The van der Waals surface area contributed by atoms with Gasteiger partial charge in [-0.15, -0.1) is 21.5 Å². The molecular weight excluding hydrogens is 416 g/mol. The van der Waals surface area contributed by atoms with Crippen LogP contribution in [0.25, 0.3) is 10.2 Å². The van der Waals surface area contributed by atoms with Crippen molar-refractivity contribution in [2.45, 2.75) is 36.8 Å². The van der Waals surface area contributed by atoms with Gasteiger partial charge in [-0.05, 0) is 37.5 Å². The molecule has 0 aliphatic heterocycles. The predicted molar refractivity (Wildman–Crippen MR) is 122 cm³/mol. The van der Waals surface area contributed by atoms with Crippen molar-refractivity contribution in [2.75, 3.05) is 14.1 Å². The third-order valence-corrected chi connectivity index (χ3v) is 6.82. The van der Waals surface area contributed by atoms with Gasteiger partial charge in [-0.2, -0.15) is 0 Å². The molecule has 3 heterocycles. The average molecular weight is 441 g/mol. The lowest BCUT2D eigenvalue weighted by Gasteiger charge is -2.23. The van der Waals surface area contributed by atoms with E-state index in [1.165, 1.54) is 16.9 Å². The predicted octanol–water partition coefficient (Wildman–Crippen LogP) is 3.93. The van der Waals surface area contributed by atoms with E-state index in [9.17, 15) is 4.79 Å². The van der Waals surface area contributed by atoms with E-state index in [0.29, 0.717) is 22.8 Å². The number of H-pyrrole nitrogens is 1. The van der Waals surface area contributed by atoms with Crippen molar-refractivity contribution in [1.82, 2.24) is 29.6 Å². The number of rotatable bonds is 8. The van der Waals surface area contributed by atoms with Crippen LogP contribution in [-0.4, -0.2) is 43.7 Å². The van der Waals surface area contributed by atoms with E-state index in [0.717, 1.165) is 22.9 Å². The Kier molecular flexibility index (Phi) is 6.31. The highest BCUT2D eigenvalue weighted by Crippen LogP contribution is 2.27. The first-order chi connectivity index (χ1) is 14.6. The molecule has 4 rings (SSSR count). The van der Waals surface area contributed by atoms with Crippen LogP contribution < -0.4 is 5.56 Å². The normalized spacial score (nSPS) is 12.7. The molecule has 0 radical (unpaired) electrons. The summed E-state index contributed by atoms with van der Waals surface area (Å²) in [5.41, 5.74) is 1.85. The van der Waals surface area contributed by atoms with Gasteiger partial charge in [0.25, 0.3) is 5.56 Å². The lowest BCUT2D eigenvalue weighted by Crippen LogP contribution is -2.23. The second-order valence-corrected chi connectivity index (χ2v) is 9.10. The summed E-state index contributed by atoms with van der Waals surface area (Å²) in [5, 5.41) is 11.7. The summed E-state index contributed by atoms with van der Waals surface area (Å²) >= 11 is 2.95. The topological polar surface area (TPSA) is 79.7 Å². The summed E-state index contributed by atoms with van der Waals surface area (Å²) in [6.45, 7) is 2.85. The van der Waals surface area contributed by atoms with Crippen molar-refractivity contribution < 1.29 is 0 Å². The molecule has 0 unspecified atom stereocenters. The SMILES string of the molecule is CC[C@H](c1nnc(SCc2nc3ccsc3c(=O)[nH]2)n1Cc1ccccc1)N(C)C. The zero-order valence-electron chi connectivity index (χ0n) is 17.2. The number of aromatic nitrogens is 5. The molecule has 7 nitrogen and oxygen atoms in total. The lowest BCUT2D eigenvalue weighted by molar-refractivity contribution is 0.272. The van der Waals surface area contributed by atoms with Crippen LogP contribution in [0.5, 0.6) is 0 Å². The number of fused-ring (bicyclic) bond motifs is 1. The van der Waals surface area contributed by atoms with E-state index in [-0.39, 0.29) is 11.6 Å². The van der Waals surface area contributed by atoms with E-state index < -0.39 is 0 Å². The fourth-order valence-corrected chi connectivity index (χ4v) is 5.01. The van der Waals surface area contributed by atoms with Crippen molar-refractivity contribution in [3.05, 3.63) is 69.3 Å². The molecule has 0 aliphatic carbocycles. The Morgan fingerprint density at radius 3 is 2.73 bits per heavy atom. The van der Waals surface area contributed by atoms with Crippen molar-refractivity contribution in [1.29, 1.82) is 0 Å². The smallest absolute Gasteiger partial charge is 0.268 e. The quantitative estimate of drug-likeness (QED) is 0.418. The summed E-state index contributed by atoms with van der Waals surface area (Å²) in [7, 11) is 4.13. The number of hydrogen-bond acceptors (Lipinski definition) is 7. The maximum Gasteiger partial charge on any atom is 0.268 e. The van der Waals surface area contributed by atoms with Gasteiger partial charge in [-0.25, -0.2) is 4.98 Å². The third kappa shape index (κ3) is 4.33. The summed E-state index contributed by atoms with van der Waals surface area (Å²) in [4.78, 5) is 21.9. The first-order valence-corrected chi connectivity index (χ1v) is 11.7. The van der Waals surface area contributed by atoms with Crippen LogP contribution in [0.15, 0.2) is 51.7 Å². The minimum atomic E-state index is -0.0873. The third-order valence-electron chi connectivity index (χ3n) is 4.94. The monoisotopic (exact) mass is 440 g/mol. The zero-order chi connectivity index (χ0) is 21.1. The van der Waals surface area contributed by atoms with Crippen molar-refractivity contribution in [3.8, 4) is 0 Å². The first kappa shape index (κ1) is 20.8. The van der Waals surface area contributed by atoms with Gasteiger partial charge in [0.1, 0.15) is 10.5 Å². The number of thioether (sulfide) groups is 1. The molecule has 3 aromatic heterocycles. The van der Waals surface area contributed by atoms with Gasteiger partial charge in [0.05, 0.1) is 23.9 Å². The van der Waals surface area contributed by atoms with Crippen molar-refractivity contribution in [3.63, 3.8) is 0 Å². The minimum Gasteiger partial charge on any atom is -0.309 e. The highest BCUT2D eigenvalue weighted by Gasteiger charge is 2.22. The number of thiophene rings is 1. The van der Waals surface area contributed by atoms with E-state index in [1.54, 1.807) is 11.8 Å². The molecule has 0 spiro atoms. The first-order valence-electron chi connectivity index (χ1n) is 9.79. The maximum absolute atomic E-state index is 12.3. The molecule has 30 heavy (non-hydrogen) atoms. The van der Waals surface area contributed by atoms with Crippen molar-refractivity contribution >= 4 is 33.3 Å². The highest BCUT2D eigenvalue weighted by molar-refractivity contribution is 7.98. The van der Waals surface area contributed by atoms with E-state index >= 15 is 0 Å². The molecule has 0 fully saturated rings. The molecule has 0 saturated heterocycles. The molecule has 0 aliphatic rings. The molecule has 9 heteroatoms. The number of hydrogen-bond donors (Lipinski definition) is 1. The van der Waals surface area contributed by atoms with E-state index in [1.807, 2.05) is 29.6 Å². The van der Waals surface area contributed by atoms with Gasteiger partial charge in [0, 0.05) is 0 Å². The fraction of sp³-hybridized carbons (Fsp3) is 0.333. The Morgan fingerprint density at radius 1 is 1.20 bits per heavy atom. The molecule has 156 valence electrons. The zero-order valence-corrected chi connectivity index (χ0v) is 18.8. The van der Waals surface area contributed by atoms with Gasteiger partial charge in [0.2, 0.25) is 0 Å². The minimum absolute atomic E-state index is 0.0873. The molecule has 0 bridgehead atoms. The molecule has 1 N–H and O–H groups in total. The largest absolute Gasteiger partial charge is 0.309 e. The van der Waals surface area contributed by atoms with Crippen LogP contribution in [0.2, 0.25) is 0 Å². The van der Waals surface area contributed by atoms with Crippen LogP contribution in [-0.2, 0) is 12.3 Å². The number of nitrogens with one attached hydrogen (secondary N) is 1. The Hall–Kier alpha value is -2.49. The van der Waals surface area contributed by atoms with Crippen LogP contribution in [0.4, 0.5) is 0 Å². The van der Waals surface area contributed by atoms with Crippen molar-refractivity contribution in [2.24, 2.45) is 0 Å². The summed E-state index contributed by atoms with van der Waals surface area (Å²) < 4.78 is 2.84. The Labute approximate surface area is 183 Å². The average Bonchev–Trinajstić information content (AvgIpc) is 3.36. The molecule has 1 aromatic carbocycles. The molecular formula is C21H24N6OS2. The lowest BCUT2D eigenvalue weighted by atomic mass is 10.2. The van der Waals surface area contributed by atoms with Gasteiger partial charge in [-0.3, -0.25) is 9.69 Å². The standard InChI is InChI=1S/C21H24N6OS2/c1-4-16(26(2)3)19-24-25-21(27(19)12-14-8-6-5-7-9-14)30-13-17-22-15-10-11-29-18(15)20(28)23-17/h5-11,16H,4,12-13H2,1-3H3,(H,22,23,28)/t16-/m1/s1. The van der Waals surface area contributed by atoms with Gasteiger partial charge in [0.15, 0.2) is 11.0 Å². The molecule has 4 aromatic rings. The van der Waals surface area contributed by atoms with Crippen LogP contribution in [0, 0.1) is 0 Å². The number of aromatic amines is 1. The Morgan fingerprint density at radius 2 is 2.00 bits per heavy atom. The second-order valence-electron chi connectivity index (χ2n) is 7.24. The molecule has 0 amide bonds. The summed E-state index contributed by atoms with van der Waals surface area (Å²) in [6.07, 6.45) is 0.939. The number of nitrogens with zero attached hydrogens (tertiary/aromatic N) is 5.